The molecule has 0 unspecified atom stereocenters. The third kappa shape index (κ3) is 5.72. The predicted molar refractivity (Wildman–Crippen MR) is 81.0 cm³/mol. The van der Waals surface area contributed by atoms with Gasteiger partial charge in [-0.3, -0.25) is 4.79 Å². The lowest BCUT2D eigenvalue weighted by Gasteiger charge is -2.26. The number of hydrogen-bond donors (Lipinski definition) is 0. The van der Waals surface area contributed by atoms with E-state index in [-0.39, 0.29) is 11.7 Å². The fourth-order valence-corrected chi connectivity index (χ4v) is 2.26. The van der Waals surface area contributed by atoms with Crippen molar-refractivity contribution >= 4 is 5.91 Å². The first-order valence-electron chi connectivity index (χ1n) is 7.41. The summed E-state index contributed by atoms with van der Waals surface area (Å²) >= 11 is 0. The molecule has 0 aromatic heterocycles. The molecule has 0 saturated heterocycles. The zero-order chi connectivity index (χ0) is 15.1. The van der Waals surface area contributed by atoms with Gasteiger partial charge in [-0.05, 0) is 29.9 Å². The average Bonchev–Trinajstić information content (AvgIpc) is 2.35. The van der Waals surface area contributed by atoms with Crippen molar-refractivity contribution < 1.29 is 9.18 Å². The Labute approximate surface area is 122 Å². The number of carbonyl (C=O) groups excluding carboxylic acids is 1. The molecule has 0 aliphatic carbocycles. The largest absolute Gasteiger partial charge is 0.342 e. The molecule has 1 rings (SSSR count). The van der Waals surface area contributed by atoms with E-state index in [0.717, 1.165) is 13.1 Å². The van der Waals surface area contributed by atoms with Gasteiger partial charge < -0.3 is 4.90 Å². The van der Waals surface area contributed by atoms with Gasteiger partial charge in [0, 0.05) is 19.5 Å². The quantitative estimate of drug-likeness (QED) is 0.741. The van der Waals surface area contributed by atoms with Crippen molar-refractivity contribution in [3.63, 3.8) is 0 Å². The summed E-state index contributed by atoms with van der Waals surface area (Å²) < 4.78 is 13.5. The summed E-state index contributed by atoms with van der Waals surface area (Å²) in [6.45, 7) is 9.98. The van der Waals surface area contributed by atoms with Crippen molar-refractivity contribution in [1.82, 2.24) is 4.90 Å². The Morgan fingerprint density at radius 3 is 2.15 bits per heavy atom. The number of aryl methyl sites for hydroxylation is 1. The van der Waals surface area contributed by atoms with Crippen LogP contribution in [0, 0.1) is 17.7 Å². The minimum atomic E-state index is -0.223. The minimum absolute atomic E-state index is 0.121. The fourth-order valence-electron chi connectivity index (χ4n) is 2.26. The Bertz CT molecular complexity index is 419. The van der Waals surface area contributed by atoms with Gasteiger partial charge in [0.05, 0.1) is 0 Å². The number of rotatable bonds is 7. The molecule has 0 N–H and O–H groups in total. The maximum Gasteiger partial charge on any atom is 0.222 e. The van der Waals surface area contributed by atoms with Crippen LogP contribution in [0.4, 0.5) is 4.39 Å². The molecule has 0 saturated carbocycles. The van der Waals surface area contributed by atoms with Crippen LogP contribution in [0.25, 0.3) is 0 Å². The van der Waals surface area contributed by atoms with Crippen LogP contribution in [-0.2, 0) is 11.2 Å². The summed E-state index contributed by atoms with van der Waals surface area (Å²) in [5, 5.41) is 0. The molecule has 0 atom stereocenters. The molecule has 1 amide bonds. The van der Waals surface area contributed by atoms with Gasteiger partial charge in [0.25, 0.3) is 0 Å². The number of hydrogen-bond acceptors (Lipinski definition) is 1. The normalized spacial score (nSPS) is 11.2. The van der Waals surface area contributed by atoms with E-state index >= 15 is 0 Å². The third-order valence-electron chi connectivity index (χ3n) is 3.09. The highest BCUT2D eigenvalue weighted by molar-refractivity contribution is 5.76. The number of benzene rings is 1. The van der Waals surface area contributed by atoms with E-state index in [1.54, 1.807) is 12.1 Å². The molecule has 0 spiro atoms. The first-order valence-corrected chi connectivity index (χ1v) is 7.41. The van der Waals surface area contributed by atoms with Crippen LogP contribution in [0.3, 0.4) is 0 Å². The van der Waals surface area contributed by atoms with E-state index in [2.05, 4.69) is 27.7 Å². The molecule has 1 aromatic carbocycles. The molecule has 112 valence electrons. The van der Waals surface area contributed by atoms with Gasteiger partial charge in [0.1, 0.15) is 5.82 Å². The number of halogens is 1. The summed E-state index contributed by atoms with van der Waals surface area (Å²) in [6.07, 6.45) is 0.846. The van der Waals surface area contributed by atoms with Crippen LogP contribution in [0.1, 0.15) is 39.7 Å². The molecule has 0 heterocycles. The van der Waals surface area contributed by atoms with Crippen LogP contribution in [-0.4, -0.2) is 23.9 Å². The fraction of sp³-hybridized carbons (Fsp3) is 0.588. The monoisotopic (exact) mass is 279 g/mol. The molecular weight excluding hydrogens is 253 g/mol. The average molecular weight is 279 g/mol. The maximum atomic E-state index is 13.5. The molecular formula is C17H26FNO. The summed E-state index contributed by atoms with van der Waals surface area (Å²) in [5.41, 5.74) is 0.620. The minimum Gasteiger partial charge on any atom is -0.342 e. The van der Waals surface area contributed by atoms with Gasteiger partial charge in [-0.1, -0.05) is 45.9 Å². The van der Waals surface area contributed by atoms with E-state index in [1.807, 2.05) is 11.0 Å². The summed E-state index contributed by atoms with van der Waals surface area (Å²) in [6, 6.07) is 6.67. The highest BCUT2D eigenvalue weighted by Gasteiger charge is 2.16. The lowest BCUT2D eigenvalue weighted by Crippen LogP contribution is -2.37. The van der Waals surface area contributed by atoms with Crippen molar-refractivity contribution in [2.24, 2.45) is 11.8 Å². The number of nitrogens with zero attached hydrogens (tertiary/aromatic N) is 1. The lowest BCUT2D eigenvalue weighted by molar-refractivity contribution is -0.132. The van der Waals surface area contributed by atoms with Crippen LogP contribution >= 0.6 is 0 Å². The lowest BCUT2D eigenvalue weighted by atomic mass is 10.1. The summed E-state index contributed by atoms with van der Waals surface area (Å²) in [5.74, 6) is 0.799. The van der Waals surface area contributed by atoms with Crippen LogP contribution in [0.15, 0.2) is 24.3 Å². The second-order valence-electron chi connectivity index (χ2n) is 6.18. The maximum absolute atomic E-state index is 13.5. The molecule has 0 fully saturated rings. The standard InChI is InChI=1S/C17H26FNO/c1-13(2)11-19(12-14(3)4)17(20)10-9-15-7-5-6-8-16(15)18/h5-8,13-14H,9-12H2,1-4H3. The number of amides is 1. The highest BCUT2D eigenvalue weighted by Crippen LogP contribution is 2.12. The molecule has 0 aliphatic rings. The van der Waals surface area contributed by atoms with E-state index in [0.29, 0.717) is 30.2 Å². The van der Waals surface area contributed by atoms with Gasteiger partial charge in [-0.2, -0.15) is 0 Å². The molecule has 0 aliphatic heterocycles. The SMILES string of the molecule is CC(C)CN(CC(C)C)C(=O)CCc1ccccc1F. The van der Waals surface area contributed by atoms with Gasteiger partial charge in [0.2, 0.25) is 5.91 Å². The highest BCUT2D eigenvalue weighted by atomic mass is 19.1. The Morgan fingerprint density at radius 2 is 1.65 bits per heavy atom. The smallest absolute Gasteiger partial charge is 0.222 e. The second kappa shape index (κ2) is 8.03. The predicted octanol–water partition coefficient (Wildman–Crippen LogP) is 3.90. The third-order valence-corrected chi connectivity index (χ3v) is 3.09. The van der Waals surface area contributed by atoms with Crippen molar-refractivity contribution in [2.75, 3.05) is 13.1 Å². The number of carbonyl (C=O) groups is 1. The van der Waals surface area contributed by atoms with Gasteiger partial charge in [-0.25, -0.2) is 4.39 Å². The zero-order valence-corrected chi connectivity index (χ0v) is 13.0. The van der Waals surface area contributed by atoms with E-state index in [4.69, 9.17) is 0 Å². The van der Waals surface area contributed by atoms with E-state index in [9.17, 15) is 9.18 Å². The summed E-state index contributed by atoms with van der Waals surface area (Å²) in [7, 11) is 0. The first-order chi connectivity index (χ1) is 9.40. The van der Waals surface area contributed by atoms with Gasteiger partial charge >= 0.3 is 0 Å². The Balaban J connectivity index is 2.59. The van der Waals surface area contributed by atoms with E-state index in [1.165, 1.54) is 6.07 Å². The summed E-state index contributed by atoms with van der Waals surface area (Å²) in [4.78, 5) is 14.2. The molecule has 0 radical (unpaired) electrons. The van der Waals surface area contributed by atoms with Crippen LogP contribution in [0.2, 0.25) is 0 Å². The Hall–Kier alpha value is -1.38. The topological polar surface area (TPSA) is 20.3 Å². The molecule has 20 heavy (non-hydrogen) atoms. The van der Waals surface area contributed by atoms with Gasteiger partial charge in [0.15, 0.2) is 0 Å². The van der Waals surface area contributed by atoms with Crippen molar-refractivity contribution in [2.45, 2.75) is 40.5 Å². The Morgan fingerprint density at radius 1 is 1.10 bits per heavy atom. The Kier molecular flexibility index (Phi) is 6.69. The van der Waals surface area contributed by atoms with Gasteiger partial charge in [-0.15, -0.1) is 0 Å². The van der Waals surface area contributed by atoms with Crippen molar-refractivity contribution in [3.05, 3.63) is 35.6 Å². The second-order valence-corrected chi connectivity index (χ2v) is 6.18. The molecule has 3 heteroatoms. The van der Waals surface area contributed by atoms with Crippen molar-refractivity contribution in [3.8, 4) is 0 Å². The molecule has 0 bridgehead atoms. The molecule has 1 aromatic rings. The zero-order valence-electron chi connectivity index (χ0n) is 13.0. The van der Waals surface area contributed by atoms with Crippen molar-refractivity contribution in [1.29, 1.82) is 0 Å². The van der Waals surface area contributed by atoms with E-state index < -0.39 is 0 Å². The van der Waals surface area contributed by atoms with Crippen LogP contribution < -0.4 is 0 Å². The molecule has 2 nitrogen and oxygen atoms in total. The first kappa shape index (κ1) is 16.7. The van der Waals surface area contributed by atoms with Crippen LogP contribution in [0.5, 0.6) is 0 Å².